The zero-order chi connectivity index (χ0) is 10.7. The first-order chi connectivity index (χ1) is 7.29. The Labute approximate surface area is 88.7 Å². The molecule has 0 unspecified atom stereocenters. The second-order valence-corrected chi connectivity index (χ2v) is 3.33. The van der Waals surface area contributed by atoms with Crippen LogP contribution in [-0.4, -0.2) is 0 Å². The first kappa shape index (κ1) is 9.66. The summed E-state index contributed by atoms with van der Waals surface area (Å²) in [5.74, 6) is -0.207. The fraction of sp³-hybridized carbons (Fsp3) is 0. The Hall–Kier alpha value is -1.89. The number of hydrogen-bond donors (Lipinski definition) is 0. The molecule has 0 aromatic heterocycles. The standard InChI is InChI=1S/C14H11F/c1-2-11-3-5-12(6-4-11)13-7-9-14(15)10-8-13/h2-10H,1H2. The topological polar surface area (TPSA) is 0 Å². The Bertz CT molecular complexity index is 452. The van der Waals surface area contributed by atoms with Gasteiger partial charge in [0.2, 0.25) is 0 Å². The molecule has 0 saturated heterocycles. The molecule has 0 spiro atoms. The van der Waals surface area contributed by atoms with Gasteiger partial charge in [-0.3, -0.25) is 0 Å². The van der Waals surface area contributed by atoms with Gasteiger partial charge < -0.3 is 0 Å². The van der Waals surface area contributed by atoms with E-state index in [9.17, 15) is 4.39 Å². The normalized spacial score (nSPS) is 9.93. The molecule has 1 heteroatoms. The number of halogens is 1. The minimum Gasteiger partial charge on any atom is -0.207 e. The van der Waals surface area contributed by atoms with Crippen molar-refractivity contribution in [3.8, 4) is 11.1 Å². The van der Waals surface area contributed by atoms with Gasteiger partial charge in [-0.15, -0.1) is 0 Å². The molecule has 2 rings (SSSR count). The van der Waals surface area contributed by atoms with E-state index in [1.54, 1.807) is 18.2 Å². The van der Waals surface area contributed by atoms with Crippen LogP contribution in [-0.2, 0) is 0 Å². The van der Waals surface area contributed by atoms with Gasteiger partial charge in [-0.1, -0.05) is 49.1 Å². The van der Waals surface area contributed by atoms with Crippen LogP contribution in [0.15, 0.2) is 55.1 Å². The third-order valence-corrected chi connectivity index (χ3v) is 2.32. The highest BCUT2D eigenvalue weighted by Gasteiger charge is 1.97. The molecule has 0 saturated carbocycles. The highest BCUT2D eigenvalue weighted by atomic mass is 19.1. The Balaban J connectivity index is 2.37. The van der Waals surface area contributed by atoms with Crippen LogP contribution in [0.5, 0.6) is 0 Å². The van der Waals surface area contributed by atoms with Gasteiger partial charge >= 0.3 is 0 Å². The van der Waals surface area contributed by atoms with Crippen molar-refractivity contribution in [2.45, 2.75) is 0 Å². The van der Waals surface area contributed by atoms with Crippen LogP contribution < -0.4 is 0 Å². The molecule has 2 aromatic carbocycles. The van der Waals surface area contributed by atoms with Crippen LogP contribution in [0.4, 0.5) is 4.39 Å². The summed E-state index contributed by atoms with van der Waals surface area (Å²) in [5, 5.41) is 0. The number of benzene rings is 2. The van der Waals surface area contributed by atoms with Crippen LogP contribution in [0.3, 0.4) is 0 Å². The van der Waals surface area contributed by atoms with E-state index in [1.165, 1.54) is 12.1 Å². The van der Waals surface area contributed by atoms with Gasteiger partial charge in [0.1, 0.15) is 5.82 Å². The molecule has 0 amide bonds. The van der Waals surface area contributed by atoms with Crippen LogP contribution in [0.2, 0.25) is 0 Å². The van der Waals surface area contributed by atoms with Crippen molar-refractivity contribution in [1.29, 1.82) is 0 Å². The van der Waals surface area contributed by atoms with Crippen molar-refractivity contribution < 1.29 is 4.39 Å². The van der Waals surface area contributed by atoms with Gasteiger partial charge in [0.25, 0.3) is 0 Å². The molecule has 0 bridgehead atoms. The molecule has 0 N–H and O–H groups in total. The molecule has 0 nitrogen and oxygen atoms in total. The van der Waals surface area contributed by atoms with Crippen LogP contribution in [0.1, 0.15) is 5.56 Å². The predicted molar refractivity (Wildman–Crippen MR) is 61.9 cm³/mol. The highest BCUT2D eigenvalue weighted by Crippen LogP contribution is 2.20. The van der Waals surface area contributed by atoms with Crippen LogP contribution in [0, 0.1) is 5.82 Å². The van der Waals surface area contributed by atoms with Crippen molar-refractivity contribution in [3.63, 3.8) is 0 Å². The largest absolute Gasteiger partial charge is 0.207 e. The van der Waals surface area contributed by atoms with E-state index in [4.69, 9.17) is 0 Å². The summed E-state index contributed by atoms with van der Waals surface area (Å²) in [5.41, 5.74) is 3.19. The zero-order valence-electron chi connectivity index (χ0n) is 8.28. The van der Waals surface area contributed by atoms with E-state index in [0.29, 0.717) is 0 Å². The van der Waals surface area contributed by atoms with Crippen molar-refractivity contribution in [2.75, 3.05) is 0 Å². The van der Waals surface area contributed by atoms with Crippen LogP contribution in [0.25, 0.3) is 17.2 Å². The maximum absolute atomic E-state index is 12.7. The maximum Gasteiger partial charge on any atom is 0.123 e. The second kappa shape index (κ2) is 4.09. The Kier molecular flexibility index (Phi) is 2.64. The third kappa shape index (κ3) is 2.13. The molecule has 74 valence electrons. The van der Waals surface area contributed by atoms with E-state index >= 15 is 0 Å². The summed E-state index contributed by atoms with van der Waals surface area (Å²) >= 11 is 0. The average molecular weight is 198 g/mol. The molecule has 0 aliphatic rings. The van der Waals surface area contributed by atoms with Gasteiger partial charge in [0, 0.05) is 0 Å². The Morgan fingerprint density at radius 3 is 1.73 bits per heavy atom. The smallest absolute Gasteiger partial charge is 0.123 e. The van der Waals surface area contributed by atoms with E-state index in [2.05, 4.69) is 6.58 Å². The minimum absolute atomic E-state index is 0.207. The molecule has 0 radical (unpaired) electrons. The average Bonchev–Trinajstić information content (AvgIpc) is 2.30. The van der Waals surface area contributed by atoms with Crippen molar-refractivity contribution in [2.24, 2.45) is 0 Å². The van der Waals surface area contributed by atoms with Gasteiger partial charge in [-0.2, -0.15) is 0 Å². The zero-order valence-corrected chi connectivity index (χ0v) is 8.28. The molecular weight excluding hydrogens is 187 g/mol. The summed E-state index contributed by atoms with van der Waals surface area (Å²) < 4.78 is 12.7. The van der Waals surface area contributed by atoms with Crippen molar-refractivity contribution >= 4 is 6.08 Å². The molecule has 0 atom stereocenters. The first-order valence-corrected chi connectivity index (χ1v) is 4.78. The lowest BCUT2D eigenvalue weighted by Crippen LogP contribution is -1.79. The SMILES string of the molecule is C=Cc1ccc(-c2ccc(F)cc2)cc1. The minimum atomic E-state index is -0.207. The number of hydrogen-bond acceptors (Lipinski definition) is 0. The molecule has 0 aliphatic carbocycles. The van der Waals surface area contributed by atoms with E-state index in [1.807, 2.05) is 24.3 Å². The maximum atomic E-state index is 12.7. The molecule has 15 heavy (non-hydrogen) atoms. The molecule has 0 aliphatic heterocycles. The summed E-state index contributed by atoms with van der Waals surface area (Å²) in [7, 11) is 0. The Morgan fingerprint density at radius 1 is 0.800 bits per heavy atom. The molecule has 0 fully saturated rings. The monoisotopic (exact) mass is 198 g/mol. The van der Waals surface area contributed by atoms with Crippen molar-refractivity contribution in [3.05, 3.63) is 66.5 Å². The molecular formula is C14H11F. The third-order valence-electron chi connectivity index (χ3n) is 2.32. The van der Waals surface area contributed by atoms with Gasteiger partial charge in [-0.05, 0) is 28.8 Å². The highest BCUT2D eigenvalue weighted by molar-refractivity contribution is 5.65. The fourth-order valence-corrected chi connectivity index (χ4v) is 1.45. The van der Waals surface area contributed by atoms with E-state index in [-0.39, 0.29) is 5.82 Å². The van der Waals surface area contributed by atoms with Gasteiger partial charge in [-0.25, -0.2) is 4.39 Å². The van der Waals surface area contributed by atoms with Gasteiger partial charge in [0.15, 0.2) is 0 Å². The predicted octanol–water partition coefficient (Wildman–Crippen LogP) is 4.14. The number of rotatable bonds is 2. The first-order valence-electron chi connectivity index (χ1n) is 4.78. The lowest BCUT2D eigenvalue weighted by molar-refractivity contribution is 0.628. The van der Waals surface area contributed by atoms with E-state index < -0.39 is 0 Å². The van der Waals surface area contributed by atoms with Crippen LogP contribution >= 0.6 is 0 Å². The quantitative estimate of drug-likeness (QED) is 0.680. The summed E-state index contributed by atoms with van der Waals surface area (Å²) in [6.07, 6.45) is 1.80. The lowest BCUT2D eigenvalue weighted by atomic mass is 10.0. The van der Waals surface area contributed by atoms with E-state index in [0.717, 1.165) is 16.7 Å². The summed E-state index contributed by atoms with van der Waals surface area (Å²) in [6.45, 7) is 3.70. The Morgan fingerprint density at radius 2 is 1.27 bits per heavy atom. The summed E-state index contributed by atoms with van der Waals surface area (Å²) in [6, 6.07) is 14.5. The molecule has 0 heterocycles. The second-order valence-electron chi connectivity index (χ2n) is 3.33. The van der Waals surface area contributed by atoms with Crippen molar-refractivity contribution in [1.82, 2.24) is 0 Å². The molecule has 2 aromatic rings. The van der Waals surface area contributed by atoms with Gasteiger partial charge in [0.05, 0.1) is 0 Å². The fourth-order valence-electron chi connectivity index (χ4n) is 1.45. The lowest BCUT2D eigenvalue weighted by Gasteiger charge is -2.01. The summed E-state index contributed by atoms with van der Waals surface area (Å²) in [4.78, 5) is 0.